The Morgan fingerprint density at radius 3 is 2.54 bits per heavy atom. The van der Waals surface area contributed by atoms with Crippen molar-refractivity contribution in [2.45, 2.75) is 97.2 Å². The third-order valence-electron chi connectivity index (χ3n) is 9.39. The molecule has 5 rings (SSSR count). The van der Waals surface area contributed by atoms with E-state index in [0.717, 1.165) is 37.4 Å². The molecule has 8 nitrogen and oxygen atoms in total. The summed E-state index contributed by atoms with van der Waals surface area (Å²) in [5.74, 6) is 2.77. The van der Waals surface area contributed by atoms with Crippen LogP contribution in [0, 0.1) is 23.7 Å². The fraction of sp³-hybridized carbons (Fsp3) is 0.724. The highest BCUT2D eigenvalue weighted by molar-refractivity contribution is 5.90. The van der Waals surface area contributed by atoms with Crippen molar-refractivity contribution >= 4 is 23.0 Å². The van der Waals surface area contributed by atoms with Crippen molar-refractivity contribution in [3.05, 3.63) is 24.3 Å². The van der Waals surface area contributed by atoms with Crippen molar-refractivity contribution < 1.29 is 9.90 Å². The Kier molecular flexibility index (Phi) is 7.84. The molecule has 2 saturated carbocycles. The first-order chi connectivity index (χ1) is 17.9. The van der Waals surface area contributed by atoms with Crippen molar-refractivity contribution in [3.63, 3.8) is 0 Å². The molecule has 3 atom stereocenters. The van der Waals surface area contributed by atoms with Crippen LogP contribution in [0.15, 0.2) is 12.7 Å². The number of carboxylic acid groups (broad SMARTS) is 1. The molecule has 2 aromatic rings. The summed E-state index contributed by atoms with van der Waals surface area (Å²) in [4.78, 5) is 28.7. The smallest absolute Gasteiger partial charge is 0.374 e. The molecule has 3 fully saturated rings. The maximum absolute atomic E-state index is 12.0. The zero-order chi connectivity index (χ0) is 26.1. The van der Waals surface area contributed by atoms with Gasteiger partial charge in [0, 0.05) is 12.6 Å². The number of piperidine rings is 1. The lowest BCUT2D eigenvalue weighted by atomic mass is 9.80. The molecular weight excluding hydrogens is 464 g/mol. The van der Waals surface area contributed by atoms with Crippen LogP contribution in [-0.2, 0) is 6.54 Å². The van der Waals surface area contributed by atoms with Gasteiger partial charge in [-0.25, -0.2) is 19.7 Å². The van der Waals surface area contributed by atoms with Gasteiger partial charge in [-0.1, -0.05) is 26.3 Å². The van der Waals surface area contributed by atoms with Gasteiger partial charge >= 0.3 is 5.97 Å². The molecule has 1 saturated heterocycles. The SMILES string of the molecule is C=CC1CCC(Cn2c(C3CC(C)CCN3CC)nc3nc(C(=O)O)nc(N[C@H](C)C4CCC4)c32)CC1. The molecule has 37 heavy (non-hydrogen) atoms. The van der Waals surface area contributed by atoms with Gasteiger partial charge in [0.25, 0.3) is 0 Å². The molecule has 0 spiro atoms. The number of nitrogens with one attached hydrogen (secondary N) is 1. The highest BCUT2D eigenvalue weighted by Crippen LogP contribution is 2.39. The van der Waals surface area contributed by atoms with Crippen LogP contribution in [0.5, 0.6) is 0 Å². The molecular formula is C29H44N6O2. The average molecular weight is 509 g/mol. The standard InChI is InChI=1S/C29H44N6O2/c1-5-20-10-12-21(13-11-20)17-35-24-25(30-19(4)22-8-7-9-22)31-27(29(36)37)32-26(24)33-28(35)23-16-18(3)14-15-34(23)6-2/h5,18-23H,1,6-17H2,2-4H3,(H,36,37)(H,30,31,32)/t18?,19-,20?,21?,23?/m1/s1. The van der Waals surface area contributed by atoms with Crippen molar-refractivity contribution in [2.75, 3.05) is 18.4 Å². The predicted octanol–water partition coefficient (Wildman–Crippen LogP) is 5.91. The van der Waals surface area contributed by atoms with E-state index in [2.05, 4.69) is 58.2 Å². The number of rotatable bonds is 9. The Morgan fingerprint density at radius 2 is 1.92 bits per heavy atom. The quantitative estimate of drug-likeness (QED) is 0.406. The number of carboxylic acids is 1. The molecule has 8 heteroatoms. The van der Waals surface area contributed by atoms with Crippen LogP contribution in [0.2, 0.25) is 0 Å². The van der Waals surface area contributed by atoms with Crippen LogP contribution in [0.3, 0.4) is 0 Å². The van der Waals surface area contributed by atoms with Gasteiger partial charge in [0.2, 0.25) is 5.82 Å². The number of fused-ring (bicyclic) bond motifs is 1. The zero-order valence-electron chi connectivity index (χ0n) is 22.8. The Labute approximate surface area is 221 Å². The maximum Gasteiger partial charge on any atom is 0.374 e. The summed E-state index contributed by atoms with van der Waals surface area (Å²) in [6.45, 7) is 13.7. The van der Waals surface area contributed by atoms with E-state index >= 15 is 0 Å². The second kappa shape index (κ2) is 11.1. The third kappa shape index (κ3) is 5.40. The van der Waals surface area contributed by atoms with Crippen LogP contribution >= 0.6 is 0 Å². The molecule has 3 aliphatic rings. The molecule has 202 valence electrons. The number of hydrogen-bond acceptors (Lipinski definition) is 6. The summed E-state index contributed by atoms with van der Waals surface area (Å²) in [5.41, 5.74) is 1.39. The van der Waals surface area contributed by atoms with E-state index in [4.69, 9.17) is 4.98 Å². The van der Waals surface area contributed by atoms with Crippen molar-refractivity contribution in [1.82, 2.24) is 24.4 Å². The summed E-state index contributed by atoms with van der Waals surface area (Å²) >= 11 is 0. The third-order valence-corrected chi connectivity index (χ3v) is 9.39. The van der Waals surface area contributed by atoms with Crippen molar-refractivity contribution in [2.24, 2.45) is 23.7 Å². The number of aromatic carboxylic acids is 1. The molecule has 1 aliphatic heterocycles. The lowest BCUT2D eigenvalue weighted by Crippen LogP contribution is -2.37. The molecule has 2 unspecified atom stereocenters. The van der Waals surface area contributed by atoms with Crippen molar-refractivity contribution in [3.8, 4) is 0 Å². The monoisotopic (exact) mass is 508 g/mol. The van der Waals surface area contributed by atoms with Crippen LogP contribution in [0.25, 0.3) is 11.2 Å². The van der Waals surface area contributed by atoms with E-state index in [9.17, 15) is 9.90 Å². The van der Waals surface area contributed by atoms with E-state index in [1.54, 1.807) is 0 Å². The van der Waals surface area contributed by atoms with E-state index in [-0.39, 0.29) is 17.9 Å². The largest absolute Gasteiger partial charge is 0.475 e. The minimum Gasteiger partial charge on any atom is -0.475 e. The van der Waals surface area contributed by atoms with Gasteiger partial charge in [0.05, 0.1) is 6.04 Å². The number of imidazole rings is 1. The molecule has 0 aromatic carbocycles. The van der Waals surface area contributed by atoms with Gasteiger partial charge in [-0.2, -0.15) is 0 Å². The normalized spacial score (nSPS) is 28.1. The maximum atomic E-state index is 12.0. The Bertz CT molecular complexity index is 1120. The van der Waals surface area contributed by atoms with Crippen molar-refractivity contribution in [1.29, 1.82) is 0 Å². The Morgan fingerprint density at radius 1 is 1.16 bits per heavy atom. The number of allylic oxidation sites excluding steroid dienone is 1. The van der Waals surface area contributed by atoms with Crippen LogP contribution < -0.4 is 5.32 Å². The lowest BCUT2D eigenvalue weighted by Gasteiger charge is -2.38. The van der Waals surface area contributed by atoms with E-state index in [0.29, 0.717) is 35.1 Å². The first kappa shape index (κ1) is 26.1. The number of likely N-dealkylation sites (tertiary alicyclic amines) is 1. The van der Waals surface area contributed by atoms with E-state index in [1.807, 2.05) is 0 Å². The summed E-state index contributed by atoms with van der Waals surface area (Å²) in [5, 5.41) is 13.4. The van der Waals surface area contributed by atoms with Gasteiger partial charge in [0.15, 0.2) is 11.5 Å². The molecule has 2 aromatic heterocycles. The molecule has 0 amide bonds. The molecule has 2 aliphatic carbocycles. The average Bonchev–Trinajstić information content (AvgIpc) is 3.21. The number of nitrogens with zero attached hydrogens (tertiary/aromatic N) is 5. The molecule has 0 radical (unpaired) electrons. The van der Waals surface area contributed by atoms with Crippen LogP contribution in [-0.4, -0.2) is 54.6 Å². The Hall–Kier alpha value is -2.48. The minimum atomic E-state index is -1.11. The summed E-state index contributed by atoms with van der Waals surface area (Å²) in [6.07, 6.45) is 12.7. The highest BCUT2D eigenvalue weighted by Gasteiger charge is 2.34. The second-order valence-electron chi connectivity index (χ2n) is 11.9. The first-order valence-electron chi connectivity index (χ1n) is 14.5. The molecule has 2 N–H and O–H groups in total. The summed E-state index contributed by atoms with van der Waals surface area (Å²) in [7, 11) is 0. The highest BCUT2D eigenvalue weighted by atomic mass is 16.4. The van der Waals surface area contributed by atoms with Gasteiger partial charge in [-0.15, -0.1) is 6.58 Å². The first-order valence-corrected chi connectivity index (χ1v) is 14.5. The second-order valence-corrected chi connectivity index (χ2v) is 11.9. The molecule has 3 heterocycles. The fourth-order valence-corrected chi connectivity index (χ4v) is 6.66. The number of aromatic nitrogens is 4. The fourth-order valence-electron chi connectivity index (χ4n) is 6.66. The van der Waals surface area contributed by atoms with E-state index in [1.165, 1.54) is 51.4 Å². The summed E-state index contributed by atoms with van der Waals surface area (Å²) < 4.78 is 2.38. The van der Waals surface area contributed by atoms with Gasteiger partial charge in [-0.3, -0.25) is 4.90 Å². The predicted molar refractivity (Wildman–Crippen MR) is 147 cm³/mol. The van der Waals surface area contributed by atoms with Gasteiger partial charge in [-0.05, 0) is 95.1 Å². The Balaban J connectivity index is 1.60. The lowest BCUT2D eigenvalue weighted by molar-refractivity contribution is 0.0684. The minimum absolute atomic E-state index is 0.178. The number of carbonyl (C=O) groups is 1. The van der Waals surface area contributed by atoms with Gasteiger partial charge < -0.3 is 15.0 Å². The van der Waals surface area contributed by atoms with Crippen LogP contribution in [0.4, 0.5) is 5.82 Å². The number of hydrogen-bond donors (Lipinski definition) is 2. The summed E-state index contributed by atoms with van der Waals surface area (Å²) in [6, 6.07) is 0.433. The number of anilines is 1. The topological polar surface area (TPSA) is 96.2 Å². The zero-order valence-corrected chi connectivity index (χ0v) is 22.8. The van der Waals surface area contributed by atoms with Gasteiger partial charge in [0.1, 0.15) is 11.3 Å². The van der Waals surface area contributed by atoms with Crippen LogP contribution in [0.1, 0.15) is 101 Å². The molecule has 0 bridgehead atoms. The van der Waals surface area contributed by atoms with E-state index < -0.39 is 5.97 Å².